The van der Waals surface area contributed by atoms with E-state index >= 15 is 0 Å². The topological polar surface area (TPSA) is 0 Å². The van der Waals surface area contributed by atoms with Crippen LogP contribution in [0.1, 0.15) is 10.4 Å². The minimum atomic E-state index is 0. The molecule has 1 aromatic rings. The molecule has 1 heterocycles. The van der Waals surface area contributed by atoms with Gasteiger partial charge in [-0.05, 0) is 24.8 Å². The van der Waals surface area contributed by atoms with Crippen LogP contribution in [0.4, 0.5) is 0 Å². The highest BCUT2D eigenvalue weighted by atomic mass is 35.5. The number of rotatable bonds is 0. The first-order valence-electron chi connectivity index (χ1n) is 3.65. The van der Waals surface area contributed by atoms with Crippen LogP contribution in [-0.4, -0.2) is 0 Å². The van der Waals surface area contributed by atoms with Gasteiger partial charge < -0.3 is 0 Å². The lowest BCUT2D eigenvalue weighted by Gasteiger charge is -1.88. The molecule has 0 radical (unpaired) electrons. The summed E-state index contributed by atoms with van der Waals surface area (Å²) < 4.78 is 0. The maximum atomic E-state index is 2.14. The fourth-order valence-corrected chi connectivity index (χ4v) is 1.35. The van der Waals surface area contributed by atoms with E-state index in [2.05, 4.69) is 37.4 Å². The molecule has 0 aliphatic heterocycles. The Hall–Kier alpha value is -0.530. The molecule has 1 rings (SSSR count). The third-order valence-corrected chi connectivity index (χ3v) is 2.53. The Morgan fingerprint density at radius 3 is 2.42 bits per heavy atom. The Balaban J connectivity index is 0.00000121. The predicted molar refractivity (Wildman–Crippen MR) is 58.7 cm³/mol. The highest BCUT2D eigenvalue weighted by Gasteiger charge is 1.82. The SMILES string of the molecule is Cc1ccccccsc1C.Cl. The molecule has 0 unspecified atom stereocenters. The van der Waals surface area contributed by atoms with Crippen LogP contribution in [-0.2, 0) is 0 Å². The first-order chi connectivity index (χ1) is 5.30. The second-order valence-corrected chi connectivity index (χ2v) is 3.55. The molecule has 0 aliphatic carbocycles. The van der Waals surface area contributed by atoms with Crippen LogP contribution in [0, 0.1) is 13.8 Å². The van der Waals surface area contributed by atoms with E-state index in [-0.39, 0.29) is 12.4 Å². The van der Waals surface area contributed by atoms with Crippen molar-refractivity contribution in [1.82, 2.24) is 0 Å². The molecule has 0 nitrogen and oxygen atoms in total. The van der Waals surface area contributed by atoms with Gasteiger partial charge in [0.25, 0.3) is 0 Å². The zero-order valence-corrected chi connectivity index (χ0v) is 8.91. The van der Waals surface area contributed by atoms with Crippen LogP contribution < -0.4 is 0 Å². The van der Waals surface area contributed by atoms with Crippen molar-refractivity contribution >= 4 is 23.7 Å². The van der Waals surface area contributed by atoms with Gasteiger partial charge in [-0.2, -0.15) is 0 Å². The molecule has 0 fully saturated rings. The maximum Gasteiger partial charge on any atom is 0.00430 e. The molecule has 0 aromatic carbocycles. The fourth-order valence-electron chi connectivity index (χ4n) is 0.725. The Bertz CT molecular complexity index is 250. The summed E-state index contributed by atoms with van der Waals surface area (Å²) in [4.78, 5) is 1.36. The predicted octanol–water partition coefficient (Wildman–Crippen LogP) is 3.91. The number of hydrogen-bond acceptors (Lipinski definition) is 1. The summed E-state index contributed by atoms with van der Waals surface area (Å²) in [6.07, 6.45) is 0. The Labute approximate surface area is 84.0 Å². The molecule has 0 spiro atoms. The van der Waals surface area contributed by atoms with E-state index in [9.17, 15) is 0 Å². The average Bonchev–Trinajstić information content (AvgIpc) is 2.07. The zero-order chi connectivity index (χ0) is 8.10. The molecular formula is C10H13ClS. The van der Waals surface area contributed by atoms with E-state index in [1.165, 1.54) is 10.4 Å². The van der Waals surface area contributed by atoms with Crippen molar-refractivity contribution in [2.45, 2.75) is 13.8 Å². The quantitative estimate of drug-likeness (QED) is 0.596. The highest BCUT2D eigenvalue weighted by molar-refractivity contribution is 7.09. The van der Waals surface area contributed by atoms with Crippen LogP contribution >= 0.6 is 23.7 Å². The second-order valence-electron chi connectivity index (χ2n) is 2.43. The van der Waals surface area contributed by atoms with Gasteiger partial charge in [-0.3, -0.25) is 0 Å². The van der Waals surface area contributed by atoms with E-state index in [4.69, 9.17) is 0 Å². The molecule has 2 heteroatoms. The normalized spacial score (nSPS) is 8.17. The monoisotopic (exact) mass is 200 g/mol. The average molecular weight is 201 g/mol. The van der Waals surface area contributed by atoms with Gasteiger partial charge in [-0.1, -0.05) is 30.3 Å². The van der Waals surface area contributed by atoms with Gasteiger partial charge in [0.2, 0.25) is 0 Å². The molecule has 0 saturated carbocycles. The highest BCUT2D eigenvalue weighted by Crippen LogP contribution is 2.06. The number of hydrogen-bond donors (Lipinski definition) is 0. The van der Waals surface area contributed by atoms with Gasteiger partial charge in [0, 0.05) is 4.88 Å². The Morgan fingerprint density at radius 2 is 1.67 bits per heavy atom. The lowest BCUT2D eigenvalue weighted by molar-refractivity contribution is 1.42. The summed E-state index contributed by atoms with van der Waals surface area (Å²) in [5, 5.41) is 2.10. The first kappa shape index (κ1) is 11.5. The van der Waals surface area contributed by atoms with E-state index in [0.717, 1.165) is 0 Å². The minimum absolute atomic E-state index is 0. The molecule has 0 aliphatic rings. The molecule has 0 amide bonds. The van der Waals surface area contributed by atoms with Crippen molar-refractivity contribution in [2.75, 3.05) is 0 Å². The number of aryl methyl sites for hydroxylation is 2. The summed E-state index contributed by atoms with van der Waals surface area (Å²) in [6, 6.07) is 10.3. The van der Waals surface area contributed by atoms with Crippen LogP contribution in [0.25, 0.3) is 0 Å². The molecule has 0 bridgehead atoms. The third kappa shape index (κ3) is 3.74. The molecule has 0 N–H and O–H groups in total. The Morgan fingerprint density at radius 1 is 1.00 bits per heavy atom. The molecule has 12 heavy (non-hydrogen) atoms. The maximum absolute atomic E-state index is 2.14. The fraction of sp³-hybridized carbons (Fsp3) is 0.200. The van der Waals surface area contributed by atoms with Crippen molar-refractivity contribution in [3.05, 3.63) is 46.2 Å². The lowest BCUT2D eigenvalue weighted by atomic mass is 10.3. The zero-order valence-electron chi connectivity index (χ0n) is 7.28. The summed E-state index contributed by atoms with van der Waals surface area (Å²) >= 11 is 1.77. The summed E-state index contributed by atoms with van der Waals surface area (Å²) in [7, 11) is 0. The standard InChI is InChI=1S/C10H12S.ClH/c1-9-7-5-3-4-6-8-11-10(9)2;/h3-8H,1-2H3;1H. The van der Waals surface area contributed by atoms with Crippen molar-refractivity contribution in [1.29, 1.82) is 0 Å². The smallest absolute Gasteiger partial charge is 0.00430 e. The van der Waals surface area contributed by atoms with Crippen molar-refractivity contribution in [2.24, 2.45) is 0 Å². The molecule has 0 atom stereocenters. The Kier molecular flexibility index (Phi) is 5.77. The second kappa shape index (κ2) is 6.04. The molecule has 66 valence electrons. The van der Waals surface area contributed by atoms with Crippen LogP contribution in [0.5, 0.6) is 0 Å². The summed E-state index contributed by atoms with van der Waals surface area (Å²) in [5.41, 5.74) is 1.34. The largest absolute Gasteiger partial charge is 0.149 e. The molecule has 1 aromatic heterocycles. The van der Waals surface area contributed by atoms with E-state index < -0.39 is 0 Å². The van der Waals surface area contributed by atoms with Crippen molar-refractivity contribution in [3.63, 3.8) is 0 Å². The first-order valence-corrected chi connectivity index (χ1v) is 4.52. The summed E-state index contributed by atoms with van der Waals surface area (Å²) in [6.45, 7) is 4.27. The van der Waals surface area contributed by atoms with Crippen LogP contribution in [0.15, 0.2) is 35.7 Å². The van der Waals surface area contributed by atoms with Crippen molar-refractivity contribution < 1.29 is 0 Å². The minimum Gasteiger partial charge on any atom is -0.149 e. The lowest BCUT2D eigenvalue weighted by Crippen LogP contribution is -1.67. The van der Waals surface area contributed by atoms with Gasteiger partial charge >= 0.3 is 0 Å². The van der Waals surface area contributed by atoms with Crippen LogP contribution in [0.2, 0.25) is 0 Å². The third-order valence-electron chi connectivity index (χ3n) is 1.56. The van der Waals surface area contributed by atoms with Crippen LogP contribution in [0.3, 0.4) is 0 Å². The molecular weight excluding hydrogens is 188 g/mol. The van der Waals surface area contributed by atoms with Gasteiger partial charge in [-0.25, -0.2) is 0 Å². The van der Waals surface area contributed by atoms with E-state index in [1.54, 1.807) is 11.3 Å². The van der Waals surface area contributed by atoms with E-state index in [0.29, 0.717) is 0 Å². The van der Waals surface area contributed by atoms with Gasteiger partial charge in [0.05, 0.1) is 0 Å². The van der Waals surface area contributed by atoms with Gasteiger partial charge in [0.15, 0.2) is 0 Å². The molecule has 0 saturated heterocycles. The van der Waals surface area contributed by atoms with E-state index in [1.807, 2.05) is 12.1 Å². The van der Waals surface area contributed by atoms with Gasteiger partial charge in [-0.15, -0.1) is 23.7 Å². The van der Waals surface area contributed by atoms with Gasteiger partial charge in [0.1, 0.15) is 0 Å². The summed E-state index contributed by atoms with van der Waals surface area (Å²) in [5.74, 6) is 0. The van der Waals surface area contributed by atoms with Crippen molar-refractivity contribution in [3.8, 4) is 0 Å². The number of halogens is 1.